The van der Waals surface area contributed by atoms with E-state index < -0.39 is 0 Å². The monoisotopic (exact) mass is 380 g/mol. The van der Waals surface area contributed by atoms with Gasteiger partial charge in [-0.3, -0.25) is 4.99 Å². The van der Waals surface area contributed by atoms with Crippen molar-refractivity contribution in [2.24, 2.45) is 16.6 Å². The lowest BCUT2D eigenvalue weighted by Crippen LogP contribution is -2.51. The van der Waals surface area contributed by atoms with Crippen molar-refractivity contribution in [3.63, 3.8) is 0 Å². The number of anilines is 1. The molecule has 0 saturated carbocycles. The van der Waals surface area contributed by atoms with E-state index in [0.717, 1.165) is 70.5 Å². The molecule has 7 heteroatoms. The normalized spacial score (nSPS) is 21.4. The lowest BCUT2D eigenvalue weighted by atomic mass is 10.1. The summed E-state index contributed by atoms with van der Waals surface area (Å²) in [6, 6.07) is 7.99. The van der Waals surface area contributed by atoms with Crippen LogP contribution >= 0.6 is 11.6 Å². The highest BCUT2D eigenvalue weighted by atomic mass is 35.5. The Morgan fingerprint density at radius 3 is 2.69 bits per heavy atom. The molecule has 2 heterocycles. The Labute approximate surface area is 160 Å². The van der Waals surface area contributed by atoms with Crippen molar-refractivity contribution in [2.45, 2.75) is 12.8 Å². The molecule has 2 fully saturated rings. The molecular formula is C19H29ClN4O2. The second-order valence-electron chi connectivity index (χ2n) is 6.85. The van der Waals surface area contributed by atoms with Crippen LogP contribution in [-0.4, -0.2) is 70.0 Å². The van der Waals surface area contributed by atoms with Crippen molar-refractivity contribution in [2.75, 3.05) is 64.1 Å². The largest absolute Gasteiger partial charge is 0.381 e. The van der Waals surface area contributed by atoms with Gasteiger partial charge in [-0.2, -0.15) is 0 Å². The Kier molecular flexibility index (Phi) is 7.41. The van der Waals surface area contributed by atoms with E-state index in [-0.39, 0.29) is 0 Å². The molecule has 144 valence electrons. The summed E-state index contributed by atoms with van der Waals surface area (Å²) in [5.41, 5.74) is 7.35. The predicted octanol–water partition coefficient (Wildman–Crippen LogP) is 2.22. The van der Waals surface area contributed by atoms with Gasteiger partial charge in [0.15, 0.2) is 5.96 Å². The minimum absolute atomic E-state index is 0.570. The van der Waals surface area contributed by atoms with Crippen LogP contribution in [0.5, 0.6) is 0 Å². The highest BCUT2D eigenvalue weighted by Crippen LogP contribution is 2.19. The van der Waals surface area contributed by atoms with Crippen LogP contribution in [0, 0.1) is 5.92 Å². The van der Waals surface area contributed by atoms with E-state index >= 15 is 0 Å². The molecule has 0 amide bonds. The molecule has 3 rings (SSSR count). The third-order valence-corrected chi connectivity index (χ3v) is 5.15. The maximum absolute atomic E-state index is 6.15. The summed E-state index contributed by atoms with van der Waals surface area (Å²) in [4.78, 5) is 9.01. The number of benzene rings is 1. The molecule has 0 radical (unpaired) electrons. The van der Waals surface area contributed by atoms with Crippen LogP contribution in [0.2, 0.25) is 5.02 Å². The molecule has 1 atom stereocenters. The highest BCUT2D eigenvalue weighted by molar-refractivity contribution is 6.30. The Morgan fingerprint density at radius 1 is 1.23 bits per heavy atom. The molecule has 0 aromatic heterocycles. The van der Waals surface area contributed by atoms with Crippen molar-refractivity contribution >= 4 is 23.2 Å². The standard InChI is InChI=1S/C19H29ClN4O2/c20-17-2-4-18(5-3-17)23-8-10-24(11-9-23)19(21)22-7-1-12-25-14-16-6-13-26-15-16/h2-5,16H,1,6-15H2,(H2,21,22). The van der Waals surface area contributed by atoms with E-state index in [1.807, 2.05) is 12.1 Å². The summed E-state index contributed by atoms with van der Waals surface area (Å²) >= 11 is 5.95. The zero-order valence-corrected chi connectivity index (χ0v) is 16.0. The number of guanidine groups is 1. The zero-order chi connectivity index (χ0) is 18.2. The van der Waals surface area contributed by atoms with E-state index in [2.05, 4.69) is 26.9 Å². The molecule has 0 aliphatic carbocycles. The maximum Gasteiger partial charge on any atom is 0.191 e. The molecular weight excluding hydrogens is 352 g/mol. The summed E-state index contributed by atoms with van der Waals surface area (Å²) in [6.07, 6.45) is 2.02. The topological polar surface area (TPSA) is 63.3 Å². The Hall–Kier alpha value is -1.50. The van der Waals surface area contributed by atoms with Crippen LogP contribution in [0.1, 0.15) is 12.8 Å². The fraction of sp³-hybridized carbons (Fsp3) is 0.632. The van der Waals surface area contributed by atoms with Gasteiger partial charge in [0.1, 0.15) is 0 Å². The Morgan fingerprint density at radius 2 is 2.00 bits per heavy atom. The van der Waals surface area contributed by atoms with Crippen LogP contribution in [0.15, 0.2) is 29.3 Å². The first-order valence-electron chi connectivity index (χ1n) is 9.43. The molecule has 26 heavy (non-hydrogen) atoms. The maximum atomic E-state index is 6.15. The van der Waals surface area contributed by atoms with Crippen LogP contribution in [-0.2, 0) is 9.47 Å². The van der Waals surface area contributed by atoms with Gasteiger partial charge in [-0.25, -0.2) is 0 Å². The van der Waals surface area contributed by atoms with Gasteiger partial charge in [0, 0.05) is 62.6 Å². The Bertz CT molecular complexity index is 567. The van der Waals surface area contributed by atoms with E-state index in [0.29, 0.717) is 18.4 Å². The Balaban J connectivity index is 1.31. The number of hydrogen-bond donors (Lipinski definition) is 1. The van der Waals surface area contributed by atoms with Crippen molar-refractivity contribution < 1.29 is 9.47 Å². The number of ether oxygens (including phenoxy) is 2. The van der Waals surface area contributed by atoms with Crippen molar-refractivity contribution in [3.8, 4) is 0 Å². The predicted molar refractivity (Wildman–Crippen MR) is 106 cm³/mol. The lowest BCUT2D eigenvalue weighted by Gasteiger charge is -2.36. The smallest absolute Gasteiger partial charge is 0.191 e. The number of nitrogens with two attached hydrogens (primary N) is 1. The van der Waals surface area contributed by atoms with E-state index in [4.69, 9.17) is 26.8 Å². The minimum atomic E-state index is 0.570. The SMILES string of the molecule is NC(=NCCCOCC1CCOC1)N1CCN(c2ccc(Cl)cc2)CC1. The first kappa shape index (κ1) is 19.3. The molecule has 2 aliphatic rings. The number of aliphatic imine (C=N–C) groups is 1. The van der Waals surface area contributed by atoms with Gasteiger partial charge in [0.25, 0.3) is 0 Å². The first-order chi connectivity index (χ1) is 12.7. The second-order valence-corrected chi connectivity index (χ2v) is 7.28. The zero-order valence-electron chi connectivity index (χ0n) is 15.3. The van der Waals surface area contributed by atoms with Crippen molar-refractivity contribution in [3.05, 3.63) is 29.3 Å². The van der Waals surface area contributed by atoms with Crippen LogP contribution in [0.25, 0.3) is 0 Å². The van der Waals surface area contributed by atoms with Gasteiger partial charge in [0.05, 0.1) is 13.2 Å². The van der Waals surface area contributed by atoms with Crippen LogP contribution in [0.3, 0.4) is 0 Å². The van der Waals surface area contributed by atoms with Gasteiger partial charge < -0.3 is 25.0 Å². The van der Waals surface area contributed by atoms with Crippen molar-refractivity contribution in [1.82, 2.24) is 4.90 Å². The quantitative estimate of drug-likeness (QED) is 0.446. The molecule has 1 aromatic rings. The van der Waals surface area contributed by atoms with Gasteiger partial charge in [0.2, 0.25) is 0 Å². The number of nitrogens with zero attached hydrogens (tertiary/aromatic N) is 3. The summed E-state index contributed by atoms with van der Waals surface area (Å²) in [7, 11) is 0. The molecule has 1 unspecified atom stereocenters. The number of rotatable bonds is 7. The minimum Gasteiger partial charge on any atom is -0.381 e. The van der Waals surface area contributed by atoms with Crippen molar-refractivity contribution in [1.29, 1.82) is 0 Å². The van der Waals surface area contributed by atoms with Gasteiger partial charge >= 0.3 is 0 Å². The van der Waals surface area contributed by atoms with E-state index in [1.165, 1.54) is 5.69 Å². The summed E-state index contributed by atoms with van der Waals surface area (Å²) in [6.45, 7) is 7.60. The average Bonchev–Trinajstić information content (AvgIpc) is 3.19. The van der Waals surface area contributed by atoms with E-state index in [9.17, 15) is 0 Å². The second kappa shape index (κ2) is 10.00. The first-order valence-corrected chi connectivity index (χ1v) is 9.81. The van der Waals surface area contributed by atoms with E-state index in [1.54, 1.807) is 0 Å². The van der Waals surface area contributed by atoms with Crippen LogP contribution in [0.4, 0.5) is 5.69 Å². The average molecular weight is 381 g/mol. The summed E-state index contributed by atoms with van der Waals surface area (Å²) in [5.74, 6) is 1.21. The highest BCUT2D eigenvalue weighted by Gasteiger charge is 2.18. The molecule has 0 spiro atoms. The molecule has 0 bridgehead atoms. The number of hydrogen-bond acceptors (Lipinski definition) is 4. The van der Waals surface area contributed by atoms with Gasteiger partial charge in [-0.1, -0.05) is 11.6 Å². The fourth-order valence-corrected chi connectivity index (χ4v) is 3.40. The third kappa shape index (κ3) is 5.76. The fourth-order valence-electron chi connectivity index (χ4n) is 3.27. The molecule has 6 nitrogen and oxygen atoms in total. The molecule has 1 aromatic carbocycles. The molecule has 2 saturated heterocycles. The van der Waals surface area contributed by atoms with Crippen LogP contribution < -0.4 is 10.6 Å². The summed E-state index contributed by atoms with van der Waals surface area (Å²) < 4.78 is 11.0. The molecule has 2 N–H and O–H groups in total. The molecule has 2 aliphatic heterocycles. The van der Waals surface area contributed by atoms with Gasteiger partial charge in [-0.15, -0.1) is 0 Å². The third-order valence-electron chi connectivity index (χ3n) is 4.89. The van der Waals surface area contributed by atoms with Gasteiger partial charge in [-0.05, 0) is 37.1 Å². The summed E-state index contributed by atoms with van der Waals surface area (Å²) in [5, 5.41) is 0.768. The number of piperazine rings is 1. The lowest BCUT2D eigenvalue weighted by molar-refractivity contribution is 0.0893. The number of halogens is 1.